The fraction of sp³-hybridized carbons (Fsp3) is 0.600. The number of halogens is 1. The minimum atomic E-state index is 0.677. The van der Waals surface area contributed by atoms with Crippen LogP contribution in [0, 0.1) is 5.92 Å². The molecule has 1 aliphatic carbocycles. The van der Waals surface area contributed by atoms with Crippen molar-refractivity contribution in [1.29, 1.82) is 0 Å². The van der Waals surface area contributed by atoms with Gasteiger partial charge in [0.15, 0.2) is 0 Å². The minimum absolute atomic E-state index is 0.677. The Labute approximate surface area is 115 Å². The number of rotatable bonds is 7. The summed E-state index contributed by atoms with van der Waals surface area (Å²) in [5, 5.41) is 0.870. The Balaban J connectivity index is 2.12. The summed E-state index contributed by atoms with van der Waals surface area (Å²) in [7, 11) is 0. The first kappa shape index (κ1) is 13.7. The van der Waals surface area contributed by atoms with Crippen LogP contribution in [0.3, 0.4) is 0 Å². The number of hydrogen-bond donors (Lipinski definition) is 1. The molecule has 0 saturated heterocycles. The molecule has 0 amide bonds. The van der Waals surface area contributed by atoms with Gasteiger partial charge < -0.3 is 10.6 Å². The van der Waals surface area contributed by atoms with Crippen LogP contribution in [0.5, 0.6) is 0 Å². The van der Waals surface area contributed by atoms with Crippen LogP contribution in [0.15, 0.2) is 18.2 Å². The van der Waals surface area contributed by atoms with Crippen LogP contribution in [0.25, 0.3) is 0 Å². The summed E-state index contributed by atoms with van der Waals surface area (Å²) >= 11 is 6.42. The van der Waals surface area contributed by atoms with Gasteiger partial charge in [-0.3, -0.25) is 0 Å². The summed E-state index contributed by atoms with van der Waals surface area (Å²) in [5.74, 6) is 0.885. The summed E-state index contributed by atoms with van der Waals surface area (Å²) in [6, 6.07) is 6.38. The standard InChI is InChI=1S/C15H23ClN2/c1-2-9-18(11-13-3-4-13)15-6-5-12(7-8-17)10-14(15)16/h5-6,10,13H,2-4,7-9,11,17H2,1H3. The molecule has 1 aliphatic rings. The van der Waals surface area contributed by atoms with E-state index in [1.807, 2.05) is 0 Å². The van der Waals surface area contributed by atoms with E-state index < -0.39 is 0 Å². The first-order valence-corrected chi connectivity index (χ1v) is 7.35. The smallest absolute Gasteiger partial charge is 0.0642 e. The molecule has 2 N–H and O–H groups in total. The van der Waals surface area contributed by atoms with Crippen molar-refractivity contribution < 1.29 is 0 Å². The Bertz CT molecular complexity index is 388. The van der Waals surface area contributed by atoms with Crippen molar-refractivity contribution in [3.63, 3.8) is 0 Å². The minimum Gasteiger partial charge on any atom is -0.370 e. The highest BCUT2D eigenvalue weighted by Gasteiger charge is 2.24. The van der Waals surface area contributed by atoms with Crippen molar-refractivity contribution in [2.24, 2.45) is 11.7 Å². The lowest BCUT2D eigenvalue weighted by molar-refractivity contribution is 0.708. The van der Waals surface area contributed by atoms with Gasteiger partial charge in [0.05, 0.1) is 10.7 Å². The maximum atomic E-state index is 6.42. The second-order valence-electron chi connectivity index (χ2n) is 5.21. The van der Waals surface area contributed by atoms with Crippen molar-refractivity contribution in [3.8, 4) is 0 Å². The summed E-state index contributed by atoms with van der Waals surface area (Å²) in [6.07, 6.45) is 4.82. The third-order valence-corrected chi connectivity index (χ3v) is 3.76. The van der Waals surface area contributed by atoms with Crippen LogP contribution >= 0.6 is 11.6 Å². The molecule has 100 valence electrons. The number of anilines is 1. The van der Waals surface area contributed by atoms with E-state index >= 15 is 0 Å². The van der Waals surface area contributed by atoms with Gasteiger partial charge in [-0.2, -0.15) is 0 Å². The Morgan fingerprint density at radius 1 is 1.39 bits per heavy atom. The number of nitrogens with zero attached hydrogens (tertiary/aromatic N) is 1. The summed E-state index contributed by atoms with van der Waals surface area (Å²) in [4.78, 5) is 2.44. The monoisotopic (exact) mass is 266 g/mol. The van der Waals surface area contributed by atoms with Crippen molar-refractivity contribution >= 4 is 17.3 Å². The third kappa shape index (κ3) is 3.63. The quantitative estimate of drug-likeness (QED) is 0.819. The van der Waals surface area contributed by atoms with Gasteiger partial charge in [-0.15, -0.1) is 0 Å². The van der Waals surface area contributed by atoms with E-state index in [0.717, 1.165) is 36.9 Å². The van der Waals surface area contributed by atoms with Crippen LogP contribution < -0.4 is 10.6 Å². The van der Waals surface area contributed by atoms with E-state index in [-0.39, 0.29) is 0 Å². The fourth-order valence-electron chi connectivity index (χ4n) is 2.32. The molecule has 0 spiro atoms. The molecule has 1 aromatic rings. The highest BCUT2D eigenvalue weighted by atomic mass is 35.5. The van der Waals surface area contributed by atoms with Gasteiger partial charge in [-0.05, 0) is 55.8 Å². The second-order valence-corrected chi connectivity index (χ2v) is 5.62. The zero-order valence-corrected chi connectivity index (χ0v) is 11.9. The van der Waals surface area contributed by atoms with Crippen molar-refractivity contribution in [2.75, 3.05) is 24.5 Å². The van der Waals surface area contributed by atoms with E-state index in [1.54, 1.807) is 0 Å². The van der Waals surface area contributed by atoms with Crippen molar-refractivity contribution in [3.05, 3.63) is 28.8 Å². The van der Waals surface area contributed by atoms with Gasteiger partial charge in [0, 0.05) is 13.1 Å². The van der Waals surface area contributed by atoms with Gasteiger partial charge in [0.2, 0.25) is 0 Å². The van der Waals surface area contributed by atoms with Gasteiger partial charge >= 0.3 is 0 Å². The molecule has 1 saturated carbocycles. The van der Waals surface area contributed by atoms with Crippen LogP contribution in [0.1, 0.15) is 31.7 Å². The first-order valence-electron chi connectivity index (χ1n) is 6.98. The zero-order chi connectivity index (χ0) is 13.0. The largest absolute Gasteiger partial charge is 0.370 e. The number of benzene rings is 1. The van der Waals surface area contributed by atoms with Crippen LogP contribution in [-0.4, -0.2) is 19.6 Å². The fourth-order valence-corrected chi connectivity index (χ4v) is 2.64. The first-order chi connectivity index (χ1) is 8.74. The molecular weight excluding hydrogens is 244 g/mol. The average molecular weight is 267 g/mol. The Morgan fingerprint density at radius 3 is 2.72 bits per heavy atom. The summed E-state index contributed by atoms with van der Waals surface area (Å²) < 4.78 is 0. The molecule has 1 fully saturated rings. The lowest BCUT2D eigenvalue weighted by atomic mass is 10.1. The molecular formula is C15H23ClN2. The third-order valence-electron chi connectivity index (χ3n) is 3.45. The highest BCUT2D eigenvalue weighted by molar-refractivity contribution is 6.33. The van der Waals surface area contributed by atoms with E-state index in [2.05, 4.69) is 30.0 Å². The second kappa shape index (κ2) is 6.44. The number of nitrogens with two attached hydrogens (primary N) is 1. The molecule has 0 unspecified atom stereocenters. The van der Waals surface area contributed by atoms with E-state index in [1.165, 1.54) is 24.1 Å². The maximum Gasteiger partial charge on any atom is 0.0642 e. The molecule has 1 aromatic carbocycles. The molecule has 0 radical (unpaired) electrons. The summed E-state index contributed by atoms with van der Waals surface area (Å²) in [5.41, 5.74) is 7.99. The number of hydrogen-bond acceptors (Lipinski definition) is 2. The topological polar surface area (TPSA) is 29.3 Å². The van der Waals surface area contributed by atoms with Gasteiger partial charge in [-0.1, -0.05) is 24.6 Å². The Kier molecular flexibility index (Phi) is 4.90. The van der Waals surface area contributed by atoms with E-state index in [9.17, 15) is 0 Å². The molecule has 0 aromatic heterocycles. The molecule has 2 nitrogen and oxygen atoms in total. The molecule has 0 heterocycles. The van der Waals surface area contributed by atoms with Crippen LogP contribution in [-0.2, 0) is 6.42 Å². The summed E-state index contributed by atoms with van der Waals surface area (Å²) in [6.45, 7) is 5.14. The molecule has 0 atom stereocenters. The average Bonchev–Trinajstić information content (AvgIpc) is 3.13. The van der Waals surface area contributed by atoms with Crippen molar-refractivity contribution in [2.45, 2.75) is 32.6 Å². The SMILES string of the molecule is CCCN(CC1CC1)c1ccc(CCN)cc1Cl. The van der Waals surface area contributed by atoms with Gasteiger partial charge in [0.25, 0.3) is 0 Å². The highest BCUT2D eigenvalue weighted by Crippen LogP contribution is 2.34. The molecule has 0 aliphatic heterocycles. The molecule has 0 bridgehead atoms. The molecule has 3 heteroatoms. The van der Waals surface area contributed by atoms with Crippen LogP contribution in [0.4, 0.5) is 5.69 Å². The Morgan fingerprint density at radius 2 is 2.17 bits per heavy atom. The van der Waals surface area contributed by atoms with E-state index in [0.29, 0.717) is 6.54 Å². The lowest BCUT2D eigenvalue weighted by Gasteiger charge is -2.25. The normalized spacial score (nSPS) is 14.8. The van der Waals surface area contributed by atoms with Gasteiger partial charge in [-0.25, -0.2) is 0 Å². The van der Waals surface area contributed by atoms with E-state index in [4.69, 9.17) is 17.3 Å². The lowest BCUT2D eigenvalue weighted by Crippen LogP contribution is -2.26. The Hall–Kier alpha value is -0.730. The zero-order valence-electron chi connectivity index (χ0n) is 11.2. The van der Waals surface area contributed by atoms with Gasteiger partial charge in [0.1, 0.15) is 0 Å². The predicted octanol–water partition coefficient (Wildman–Crippen LogP) is 3.47. The van der Waals surface area contributed by atoms with Crippen molar-refractivity contribution in [1.82, 2.24) is 0 Å². The van der Waals surface area contributed by atoms with Crippen LogP contribution in [0.2, 0.25) is 5.02 Å². The molecule has 2 rings (SSSR count). The predicted molar refractivity (Wildman–Crippen MR) is 79.4 cm³/mol. The maximum absolute atomic E-state index is 6.42. The molecule has 18 heavy (non-hydrogen) atoms.